The quantitative estimate of drug-likeness (QED) is 0.889. The first-order valence-electron chi connectivity index (χ1n) is 7.45. The maximum atomic E-state index is 11.0. The van der Waals surface area contributed by atoms with Gasteiger partial charge in [0.15, 0.2) is 0 Å². The van der Waals surface area contributed by atoms with Gasteiger partial charge in [-0.05, 0) is 32.1 Å². The number of hydrogen-bond acceptors (Lipinski definition) is 3. The predicted octanol–water partition coefficient (Wildman–Crippen LogP) is 1.97. The van der Waals surface area contributed by atoms with Crippen LogP contribution in [-0.2, 0) is 17.8 Å². The zero-order chi connectivity index (χ0) is 14.1. The van der Waals surface area contributed by atoms with E-state index in [1.165, 1.54) is 29.8 Å². The van der Waals surface area contributed by atoms with Gasteiger partial charge in [-0.2, -0.15) is 10.4 Å². The molecule has 1 unspecified atom stereocenters. The van der Waals surface area contributed by atoms with Crippen LogP contribution in [0, 0.1) is 11.3 Å². The molecule has 2 aliphatic carbocycles. The van der Waals surface area contributed by atoms with Gasteiger partial charge in [0.2, 0.25) is 5.91 Å². The summed E-state index contributed by atoms with van der Waals surface area (Å²) >= 11 is 0. The van der Waals surface area contributed by atoms with Gasteiger partial charge >= 0.3 is 0 Å². The Morgan fingerprint density at radius 2 is 2.25 bits per heavy atom. The molecule has 1 heterocycles. The van der Waals surface area contributed by atoms with Crippen molar-refractivity contribution in [2.75, 3.05) is 0 Å². The van der Waals surface area contributed by atoms with E-state index in [1.54, 1.807) is 0 Å². The predicted molar refractivity (Wildman–Crippen MR) is 73.9 cm³/mol. The standard InChI is InChI=1S/C15H20N4O/c16-8-6-10-2-1-3-12-14(10)15(11-4-5-11)18-19(12)9-7-13(17)20/h10-11H,1-7,9H2,(H2,17,20). The van der Waals surface area contributed by atoms with E-state index >= 15 is 0 Å². The summed E-state index contributed by atoms with van der Waals surface area (Å²) in [5.74, 6) is 0.631. The number of hydrogen-bond donors (Lipinski definition) is 1. The zero-order valence-electron chi connectivity index (χ0n) is 11.6. The number of aryl methyl sites for hydroxylation is 1. The molecule has 1 aromatic rings. The van der Waals surface area contributed by atoms with Gasteiger partial charge in [0.1, 0.15) is 0 Å². The van der Waals surface area contributed by atoms with Gasteiger partial charge in [-0.1, -0.05) is 0 Å². The molecule has 5 nitrogen and oxygen atoms in total. The van der Waals surface area contributed by atoms with Crippen molar-refractivity contribution in [2.24, 2.45) is 5.73 Å². The number of nitrogens with two attached hydrogens (primary N) is 1. The van der Waals surface area contributed by atoms with Crippen LogP contribution in [0.2, 0.25) is 0 Å². The SMILES string of the molecule is N#CCC1CCCc2c1c(C1CC1)nn2CCC(N)=O. The fraction of sp³-hybridized carbons (Fsp3) is 0.667. The van der Waals surface area contributed by atoms with E-state index in [9.17, 15) is 4.79 Å². The van der Waals surface area contributed by atoms with Gasteiger partial charge in [0.05, 0.1) is 11.8 Å². The largest absolute Gasteiger partial charge is 0.370 e. The summed E-state index contributed by atoms with van der Waals surface area (Å²) in [6.07, 6.45) is 6.52. The van der Waals surface area contributed by atoms with Crippen LogP contribution in [0.15, 0.2) is 0 Å². The van der Waals surface area contributed by atoms with Crippen LogP contribution in [0.1, 0.15) is 67.3 Å². The van der Waals surface area contributed by atoms with Crippen molar-refractivity contribution in [2.45, 2.75) is 63.3 Å². The topological polar surface area (TPSA) is 84.7 Å². The van der Waals surface area contributed by atoms with E-state index in [-0.39, 0.29) is 5.91 Å². The van der Waals surface area contributed by atoms with Crippen LogP contribution < -0.4 is 5.73 Å². The van der Waals surface area contributed by atoms with Crippen molar-refractivity contribution in [1.82, 2.24) is 9.78 Å². The van der Waals surface area contributed by atoms with Gasteiger partial charge < -0.3 is 5.73 Å². The summed E-state index contributed by atoms with van der Waals surface area (Å²) in [4.78, 5) is 11.0. The zero-order valence-corrected chi connectivity index (χ0v) is 11.6. The number of amides is 1. The number of primary amides is 1. The Balaban J connectivity index is 1.95. The second-order valence-electron chi connectivity index (χ2n) is 5.91. The Labute approximate surface area is 118 Å². The van der Waals surface area contributed by atoms with E-state index in [4.69, 9.17) is 16.1 Å². The first-order valence-corrected chi connectivity index (χ1v) is 7.45. The number of nitriles is 1. The van der Waals surface area contributed by atoms with Crippen LogP contribution >= 0.6 is 0 Å². The van der Waals surface area contributed by atoms with E-state index < -0.39 is 0 Å². The number of carbonyl (C=O) groups is 1. The third-order valence-corrected chi connectivity index (χ3v) is 4.37. The Kier molecular flexibility index (Phi) is 3.47. The molecule has 0 bridgehead atoms. The summed E-state index contributed by atoms with van der Waals surface area (Å²) in [6.45, 7) is 0.573. The number of carbonyl (C=O) groups excluding carboxylic acids is 1. The van der Waals surface area contributed by atoms with E-state index in [2.05, 4.69) is 6.07 Å². The molecule has 1 saturated carbocycles. The lowest BCUT2D eigenvalue weighted by Crippen LogP contribution is -2.17. The summed E-state index contributed by atoms with van der Waals surface area (Å²) in [6, 6.07) is 2.31. The molecule has 3 rings (SSSR count). The van der Waals surface area contributed by atoms with Crippen molar-refractivity contribution >= 4 is 5.91 Å². The van der Waals surface area contributed by atoms with E-state index in [0.29, 0.717) is 31.2 Å². The van der Waals surface area contributed by atoms with E-state index in [0.717, 1.165) is 19.3 Å². The molecule has 2 N–H and O–H groups in total. The molecule has 20 heavy (non-hydrogen) atoms. The van der Waals surface area contributed by atoms with E-state index in [1.807, 2.05) is 4.68 Å². The minimum Gasteiger partial charge on any atom is -0.370 e. The first-order chi connectivity index (χ1) is 9.70. The number of fused-ring (bicyclic) bond motifs is 1. The summed E-state index contributed by atoms with van der Waals surface area (Å²) in [5.41, 5.74) is 9.02. The highest BCUT2D eigenvalue weighted by Gasteiger charge is 2.35. The van der Waals surface area contributed by atoms with Gasteiger partial charge in [0, 0.05) is 42.5 Å². The summed E-state index contributed by atoms with van der Waals surface area (Å²) < 4.78 is 1.98. The lowest BCUT2D eigenvalue weighted by molar-refractivity contribution is -0.118. The second kappa shape index (κ2) is 5.28. The molecule has 1 atom stereocenters. The molecule has 1 fully saturated rings. The van der Waals surface area contributed by atoms with Crippen molar-refractivity contribution in [1.29, 1.82) is 5.26 Å². The van der Waals surface area contributed by atoms with Crippen molar-refractivity contribution in [3.8, 4) is 6.07 Å². The molecule has 0 spiro atoms. The highest BCUT2D eigenvalue weighted by Crippen LogP contribution is 2.46. The Bertz CT molecular complexity index is 565. The highest BCUT2D eigenvalue weighted by atomic mass is 16.1. The van der Waals surface area contributed by atoms with Crippen molar-refractivity contribution in [3.63, 3.8) is 0 Å². The average molecular weight is 272 g/mol. The normalized spacial score (nSPS) is 21.2. The maximum absolute atomic E-state index is 11.0. The minimum absolute atomic E-state index is 0.286. The number of rotatable bonds is 5. The molecule has 0 aromatic carbocycles. The van der Waals surface area contributed by atoms with Crippen LogP contribution in [0.4, 0.5) is 0 Å². The Morgan fingerprint density at radius 3 is 2.90 bits per heavy atom. The lowest BCUT2D eigenvalue weighted by Gasteiger charge is -2.22. The number of nitrogens with zero attached hydrogens (tertiary/aromatic N) is 3. The average Bonchev–Trinajstić information content (AvgIpc) is 3.19. The molecule has 0 aliphatic heterocycles. The number of aromatic nitrogens is 2. The van der Waals surface area contributed by atoms with Crippen LogP contribution in [0.3, 0.4) is 0 Å². The molecule has 5 heteroatoms. The van der Waals surface area contributed by atoms with Crippen LogP contribution in [0.5, 0.6) is 0 Å². The molecule has 0 saturated heterocycles. The van der Waals surface area contributed by atoms with Crippen LogP contribution in [0.25, 0.3) is 0 Å². The first kappa shape index (κ1) is 13.2. The maximum Gasteiger partial charge on any atom is 0.219 e. The molecule has 1 aromatic heterocycles. The fourth-order valence-electron chi connectivity index (χ4n) is 3.27. The Morgan fingerprint density at radius 1 is 1.45 bits per heavy atom. The molecule has 2 aliphatic rings. The lowest BCUT2D eigenvalue weighted by atomic mass is 9.82. The molecule has 1 amide bonds. The Hall–Kier alpha value is -1.83. The highest BCUT2D eigenvalue weighted by molar-refractivity contribution is 5.73. The molecule has 106 valence electrons. The van der Waals surface area contributed by atoms with Gasteiger partial charge in [-0.25, -0.2) is 0 Å². The third kappa shape index (κ3) is 2.43. The molecular formula is C15H20N4O. The second-order valence-corrected chi connectivity index (χ2v) is 5.91. The summed E-state index contributed by atoms with van der Waals surface area (Å²) in [5, 5.41) is 13.8. The van der Waals surface area contributed by atoms with Crippen molar-refractivity contribution < 1.29 is 4.79 Å². The van der Waals surface area contributed by atoms with Gasteiger partial charge in [0.25, 0.3) is 0 Å². The molecule has 0 radical (unpaired) electrons. The van der Waals surface area contributed by atoms with Crippen molar-refractivity contribution in [3.05, 3.63) is 17.0 Å². The van der Waals surface area contributed by atoms with Gasteiger partial charge in [-0.3, -0.25) is 9.48 Å². The third-order valence-electron chi connectivity index (χ3n) is 4.37. The summed E-state index contributed by atoms with van der Waals surface area (Å²) in [7, 11) is 0. The minimum atomic E-state index is -0.286. The smallest absolute Gasteiger partial charge is 0.219 e. The van der Waals surface area contributed by atoms with Gasteiger partial charge in [-0.15, -0.1) is 0 Å². The molecular weight excluding hydrogens is 252 g/mol. The fourth-order valence-corrected chi connectivity index (χ4v) is 3.27. The monoisotopic (exact) mass is 272 g/mol. The van der Waals surface area contributed by atoms with Crippen LogP contribution in [-0.4, -0.2) is 15.7 Å².